The topological polar surface area (TPSA) is 23.5 Å². The average Bonchev–Trinajstić information content (AvgIpc) is 2.11. The van der Waals surface area contributed by atoms with Crippen LogP contribution in [0.15, 0.2) is 0 Å². The summed E-state index contributed by atoms with van der Waals surface area (Å²) in [5.41, 5.74) is 0.308. The quantitative estimate of drug-likeness (QED) is 0.694. The van der Waals surface area contributed by atoms with Crippen molar-refractivity contribution in [3.8, 4) is 0 Å². The Kier molecular flexibility index (Phi) is 2.39. The monoisotopic (exact) mass is 197 g/mol. The Labute approximate surface area is 87.3 Å². The van der Waals surface area contributed by atoms with E-state index in [1.54, 1.807) is 0 Å². The van der Waals surface area contributed by atoms with Gasteiger partial charge < -0.3 is 10.0 Å². The van der Waals surface area contributed by atoms with Crippen LogP contribution >= 0.6 is 0 Å². The molecule has 1 heterocycles. The third-order valence-electron chi connectivity index (χ3n) is 4.43. The largest absolute Gasteiger partial charge is 0.392 e. The highest BCUT2D eigenvalue weighted by molar-refractivity contribution is 5.04. The summed E-state index contributed by atoms with van der Waals surface area (Å²) in [5.74, 6) is 0. The molecule has 3 atom stereocenters. The van der Waals surface area contributed by atoms with Gasteiger partial charge in [0.05, 0.1) is 6.10 Å². The summed E-state index contributed by atoms with van der Waals surface area (Å²) in [7, 11) is 0. The summed E-state index contributed by atoms with van der Waals surface area (Å²) in [4.78, 5) is 2.51. The van der Waals surface area contributed by atoms with Crippen molar-refractivity contribution < 1.29 is 5.11 Å². The highest BCUT2D eigenvalue weighted by Crippen LogP contribution is 2.50. The van der Waals surface area contributed by atoms with E-state index in [1.807, 2.05) is 0 Å². The first-order valence-electron chi connectivity index (χ1n) is 5.91. The van der Waals surface area contributed by atoms with Crippen molar-refractivity contribution in [2.45, 2.75) is 46.1 Å². The number of hydrogen-bond donors (Lipinski definition) is 1. The van der Waals surface area contributed by atoms with Crippen LogP contribution in [0.5, 0.6) is 0 Å². The molecule has 2 heteroatoms. The maximum atomic E-state index is 10.4. The van der Waals surface area contributed by atoms with Crippen molar-refractivity contribution in [1.82, 2.24) is 4.90 Å². The van der Waals surface area contributed by atoms with E-state index in [2.05, 4.69) is 25.7 Å². The van der Waals surface area contributed by atoms with Gasteiger partial charge in [0.1, 0.15) is 0 Å². The first-order valence-corrected chi connectivity index (χ1v) is 5.91. The van der Waals surface area contributed by atoms with Crippen LogP contribution in [0.1, 0.15) is 40.0 Å². The Bertz CT molecular complexity index is 210. The van der Waals surface area contributed by atoms with E-state index in [1.165, 1.54) is 19.3 Å². The maximum absolute atomic E-state index is 10.4. The third kappa shape index (κ3) is 1.40. The molecule has 14 heavy (non-hydrogen) atoms. The summed E-state index contributed by atoms with van der Waals surface area (Å²) < 4.78 is 0. The second-order valence-corrected chi connectivity index (χ2v) is 5.87. The number of nitrogens with zero attached hydrogens (tertiary/aromatic N) is 1. The highest BCUT2D eigenvalue weighted by Gasteiger charge is 2.52. The van der Waals surface area contributed by atoms with Crippen molar-refractivity contribution >= 4 is 0 Å². The van der Waals surface area contributed by atoms with Crippen LogP contribution in [0.25, 0.3) is 0 Å². The summed E-state index contributed by atoms with van der Waals surface area (Å²) in [6, 6.07) is 0. The zero-order valence-electron chi connectivity index (χ0n) is 9.71. The Balaban J connectivity index is 2.25. The van der Waals surface area contributed by atoms with Gasteiger partial charge in [-0.05, 0) is 19.4 Å². The molecule has 1 saturated heterocycles. The molecule has 2 bridgehead atoms. The number of aliphatic hydroxyl groups is 1. The van der Waals surface area contributed by atoms with Crippen LogP contribution in [0.2, 0.25) is 0 Å². The molecule has 1 aliphatic heterocycles. The van der Waals surface area contributed by atoms with Crippen LogP contribution in [-0.4, -0.2) is 35.7 Å². The third-order valence-corrected chi connectivity index (χ3v) is 4.43. The van der Waals surface area contributed by atoms with Gasteiger partial charge in [0.25, 0.3) is 0 Å². The molecule has 2 fully saturated rings. The van der Waals surface area contributed by atoms with Gasteiger partial charge in [-0.3, -0.25) is 0 Å². The van der Waals surface area contributed by atoms with Crippen molar-refractivity contribution in [1.29, 1.82) is 0 Å². The van der Waals surface area contributed by atoms with Crippen LogP contribution in [0.3, 0.4) is 0 Å². The molecule has 0 aromatic rings. The summed E-state index contributed by atoms with van der Waals surface area (Å²) in [6.45, 7) is 10.0. The molecule has 2 nitrogen and oxygen atoms in total. The Morgan fingerprint density at radius 3 is 2.14 bits per heavy atom. The first kappa shape index (κ1) is 10.4. The van der Waals surface area contributed by atoms with Crippen LogP contribution in [0, 0.1) is 10.8 Å². The second kappa shape index (κ2) is 3.21. The summed E-state index contributed by atoms with van der Waals surface area (Å²) in [6.07, 6.45) is 3.59. The fourth-order valence-corrected chi connectivity index (χ4v) is 3.64. The minimum absolute atomic E-state index is 0.0912. The van der Waals surface area contributed by atoms with E-state index in [0.717, 1.165) is 19.6 Å². The van der Waals surface area contributed by atoms with Crippen molar-refractivity contribution in [2.75, 3.05) is 19.6 Å². The molecule has 0 radical (unpaired) electrons. The zero-order chi connectivity index (χ0) is 10.4. The van der Waals surface area contributed by atoms with E-state index in [-0.39, 0.29) is 16.9 Å². The van der Waals surface area contributed by atoms with Gasteiger partial charge in [0, 0.05) is 23.9 Å². The lowest BCUT2D eigenvalue weighted by Gasteiger charge is -2.57. The first-order chi connectivity index (χ1) is 6.50. The van der Waals surface area contributed by atoms with Gasteiger partial charge in [-0.15, -0.1) is 0 Å². The number of rotatable bonds is 1. The Morgan fingerprint density at radius 2 is 1.71 bits per heavy atom. The van der Waals surface area contributed by atoms with E-state index < -0.39 is 0 Å². The lowest BCUT2D eigenvalue weighted by Crippen LogP contribution is -2.62. The Morgan fingerprint density at radius 1 is 1.21 bits per heavy atom. The van der Waals surface area contributed by atoms with E-state index in [4.69, 9.17) is 0 Å². The summed E-state index contributed by atoms with van der Waals surface area (Å²) >= 11 is 0. The molecule has 0 amide bonds. The molecule has 82 valence electrons. The van der Waals surface area contributed by atoms with Crippen LogP contribution in [-0.2, 0) is 0 Å². The van der Waals surface area contributed by atoms with Crippen molar-refractivity contribution in [3.63, 3.8) is 0 Å². The van der Waals surface area contributed by atoms with Crippen molar-refractivity contribution in [2.24, 2.45) is 10.8 Å². The Hall–Kier alpha value is -0.0800. The van der Waals surface area contributed by atoms with Gasteiger partial charge in [-0.25, -0.2) is 0 Å². The average molecular weight is 197 g/mol. The maximum Gasteiger partial charge on any atom is 0.0671 e. The smallest absolute Gasteiger partial charge is 0.0671 e. The molecule has 0 spiro atoms. The predicted octanol–water partition coefficient (Wildman–Crippen LogP) is 1.88. The normalized spacial score (nSPS) is 49.3. The van der Waals surface area contributed by atoms with E-state index in [9.17, 15) is 5.11 Å². The summed E-state index contributed by atoms with van der Waals surface area (Å²) in [5, 5.41) is 10.4. The second-order valence-electron chi connectivity index (χ2n) is 5.87. The molecule has 2 rings (SSSR count). The molecule has 1 saturated carbocycles. The molecule has 0 aromatic heterocycles. The van der Waals surface area contributed by atoms with Gasteiger partial charge in [-0.1, -0.05) is 27.2 Å². The molecular weight excluding hydrogens is 174 g/mol. The molecule has 2 aliphatic rings. The van der Waals surface area contributed by atoms with Crippen LogP contribution in [0.4, 0.5) is 0 Å². The molecular formula is C12H23NO. The van der Waals surface area contributed by atoms with Gasteiger partial charge in [0.15, 0.2) is 0 Å². The fourth-order valence-electron chi connectivity index (χ4n) is 3.64. The lowest BCUT2D eigenvalue weighted by molar-refractivity contribution is -0.150. The number of hydrogen-bond acceptors (Lipinski definition) is 2. The molecule has 0 aromatic carbocycles. The lowest BCUT2D eigenvalue weighted by atomic mass is 9.58. The minimum atomic E-state index is -0.0912. The predicted molar refractivity (Wildman–Crippen MR) is 58.2 cm³/mol. The van der Waals surface area contributed by atoms with Crippen molar-refractivity contribution in [3.05, 3.63) is 0 Å². The molecule has 1 unspecified atom stereocenters. The standard InChI is InChI=1S/C12H23NO/c1-4-13-8-11(2)6-5-7-12(3,9-13)10(11)14/h10,14H,4-9H2,1-3H3/t10?,11-,12+. The van der Waals surface area contributed by atoms with Gasteiger partial charge in [-0.2, -0.15) is 0 Å². The number of likely N-dealkylation sites (tertiary alicyclic amines) is 1. The molecule has 1 N–H and O–H groups in total. The minimum Gasteiger partial charge on any atom is -0.392 e. The number of aliphatic hydroxyl groups excluding tert-OH is 1. The number of piperidine rings is 1. The highest BCUT2D eigenvalue weighted by atomic mass is 16.3. The van der Waals surface area contributed by atoms with Crippen LogP contribution < -0.4 is 0 Å². The van der Waals surface area contributed by atoms with E-state index >= 15 is 0 Å². The van der Waals surface area contributed by atoms with Gasteiger partial charge >= 0.3 is 0 Å². The van der Waals surface area contributed by atoms with Gasteiger partial charge in [0.2, 0.25) is 0 Å². The number of fused-ring (bicyclic) bond motifs is 2. The SMILES string of the molecule is CCN1C[C@]2(C)CCC[C@](C)(C1)C2O. The molecule has 1 aliphatic carbocycles. The fraction of sp³-hybridized carbons (Fsp3) is 1.00. The zero-order valence-corrected chi connectivity index (χ0v) is 9.71. The van der Waals surface area contributed by atoms with E-state index in [0.29, 0.717) is 0 Å².